The summed E-state index contributed by atoms with van der Waals surface area (Å²) in [6.07, 6.45) is 4.58. The first kappa shape index (κ1) is 23.9. The standard InChI is InChI=1S/C24H30N2O5S/c1-29-14-13-25-23(27)16-32-22-10-6-5-9-19(22)24(28)26-17-11-12-20(30-2)21(15-17)31-18-7-3-4-8-18/h5-6,9-12,15,18H,3-4,7-8,13-14,16H2,1-2H3,(H,25,27)(H,26,28). The zero-order valence-electron chi connectivity index (χ0n) is 18.5. The van der Waals surface area contributed by atoms with Crippen molar-refractivity contribution >= 4 is 29.3 Å². The number of carbonyl (C=O) groups excluding carboxylic acids is 2. The van der Waals surface area contributed by atoms with Gasteiger partial charge in [0.1, 0.15) is 0 Å². The molecular weight excluding hydrogens is 428 g/mol. The van der Waals surface area contributed by atoms with Crippen LogP contribution in [0.15, 0.2) is 47.4 Å². The zero-order chi connectivity index (χ0) is 22.8. The van der Waals surface area contributed by atoms with E-state index < -0.39 is 0 Å². The molecule has 0 aliphatic heterocycles. The fraction of sp³-hybridized carbons (Fsp3) is 0.417. The molecule has 1 saturated carbocycles. The maximum atomic E-state index is 13.0. The summed E-state index contributed by atoms with van der Waals surface area (Å²) >= 11 is 1.32. The van der Waals surface area contributed by atoms with E-state index in [-0.39, 0.29) is 23.7 Å². The van der Waals surface area contributed by atoms with Crippen LogP contribution in [0.4, 0.5) is 5.69 Å². The van der Waals surface area contributed by atoms with E-state index in [0.29, 0.717) is 35.9 Å². The van der Waals surface area contributed by atoms with Crippen molar-refractivity contribution in [3.8, 4) is 11.5 Å². The summed E-state index contributed by atoms with van der Waals surface area (Å²) in [5, 5.41) is 5.72. The maximum absolute atomic E-state index is 13.0. The Morgan fingerprint density at radius 1 is 1.06 bits per heavy atom. The number of carbonyl (C=O) groups is 2. The molecule has 8 heteroatoms. The normalized spacial score (nSPS) is 13.6. The van der Waals surface area contributed by atoms with Crippen molar-refractivity contribution < 1.29 is 23.8 Å². The van der Waals surface area contributed by atoms with Crippen LogP contribution in [0.1, 0.15) is 36.0 Å². The molecule has 172 valence electrons. The SMILES string of the molecule is COCCNC(=O)CSc1ccccc1C(=O)Nc1ccc(OC)c(OC2CCCC2)c1. The second-order valence-corrected chi connectivity index (χ2v) is 8.49. The Hall–Kier alpha value is -2.71. The largest absolute Gasteiger partial charge is 0.493 e. The molecule has 0 spiro atoms. The topological polar surface area (TPSA) is 85.9 Å². The molecule has 2 N–H and O–H groups in total. The first-order valence-electron chi connectivity index (χ1n) is 10.7. The predicted octanol–water partition coefficient (Wildman–Crippen LogP) is 4.12. The van der Waals surface area contributed by atoms with Crippen LogP contribution in [-0.4, -0.2) is 51.0 Å². The van der Waals surface area contributed by atoms with Gasteiger partial charge in [-0.2, -0.15) is 0 Å². The molecule has 0 radical (unpaired) electrons. The molecule has 7 nitrogen and oxygen atoms in total. The van der Waals surface area contributed by atoms with Crippen LogP contribution >= 0.6 is 11.8 Å². The summed E-state index contributed by atoms with van der Waals surface area (Å²) in [6.45, 7) is 0.921. The summed E-state index contributed by atoms with van der Waals surface area (Å²) in [5.41, 5.74) is 1.14. The van der Waals surface area contributed by atoms with Gasteiger partial charge in [0.25, 0.3) is 5.91 Å². The van der Waals surface area contributed by atoms with Crippen LogP contribution < -0.4 is 20.1 Å². The molecular formula is C24H30N2O5S. The van der Waals surface area contributed by atoms with Crippen molar-refractivity contribution in [1.82, 2.24) is 5.32 Å². The van der Waals surface area contributed by atoms with Gasteiger partial charge in [-0.15, -0.1) is 11.8 Å². The minimum Gasteiger partial charge on any atom is -0.493 e. The van der Waals surface area contributed by atoms with E-state index in [0.717, 1.165) is 17.7 Å². The van der Waals surface area contributed by atoms with Crippen LogP contribution in [-0.2, 0) is 9.53 Å². The molecule has 32 heavy (non-hydrogen) atoms. The molecule has 2 amide bonds. The fourth-order valence-corrected chi connectivity index (χ4v) is 4.38. The highest BCUT2D eigenvalue weighted by molar-refractivity contribution is 8.00. The van der Waals surface area contributed by atoms with Crippen LogP contribution in [0.3, 0.4) is 0 Å². The second kappa shape index (κ2) is 12.4. The van der Waals surface area contributed by atoms with E-state index >= 15 is 0 Å². The Morgan fingerprint density at radius 2 is 1.84 bits per heavy atom. The minimum atomic E-state index is -0.245. The Labute approximate surface area is 193 Å². The van der Waals surface area contributed by atoms with E-state index in [1.807, 2.05) is 12.1 Å². The Morgan fingerprint density at radius 3 is 2.59 bits per heavy atom. The number of methoxy groups -OCH3 is 2. The van der Waals surface area contributed by atoms with Gasteiger partial charge in [-0.1, -0.05) is 12.1 Å². The fourth-order valence-electron chi connectivity index (χ4n) is 3.50. The Kier molecular flexibility index (Phi) is 9.25. The molecule has 0 heterocycles. The number of hydrogen-bond acceptors (Lipinski definition) is 6. The van der Waals surface area contributed by atoms with Gasteiger partial charge >= 0.3 is 0 Å². The summed E-state index contributed by atoms with van der Waals surface area (Å²) < 4.78 is 16.5. The molecule has 1 fully saturated rings. The molecule has 3 rings (SSSR count). The smallest absolute Gasteiger partial charge is 0.256 e. The quantitative estimate of drug-likeness (QED) is 0.389. The van der Waals surface area contributed by atoms with Gasteiger partial charge in [-0.05, 0) is 49.9 Å². The third kappa shape index (κ3) is 6.90. The molecule has 0 unspecified atom stereocenters. The van der Waals surface area contributed by atoms with E-state index in [1.165, 1.54) is 24.6 Å². The number of amides is 2. The molecule has 2 aromatic rings. The monoisotopic (exact) mass is 458 g/mol. The van der Waals surface area contributed by atoms with Gasteiger partial charge in [-0.25, -0.2) is 0 Å². The third-order valence-electron chi connectivity index (χ3n) is 5.14. The summed E-state index contributed by atoms with van der Waals surface area (Å²) in [4.78, 5) is 25.7. The summed E-state index contributed by atoms with van der Waals surface area (Å²) in [5.74, 6) is 1.14. The highest BCUT2D eigenvalue weighted by Crippen LogP contribution is 2.34. The Bertz CT molecular complexity index is 915. The zero-order valence-corrected chi connectivity index (χ0v) is 19.3. The van der Waals surface area contributed by atoms with E-state index in [4.69, 9.17) is 14.2 Å². The van der Waals surface area contributed by atoms with Crippen molar-refractivity contribution in [2.45, 2.75) is 36.7 Å². The van der Waals surface area contributed by atoms with Gasteiger partial charge in [-0.3, -0.25) is 9.59 Å². The number of nitrogens with one attached hydrogen (secondary N) is 2. The van der Waals surface area contributed by atoms with Gasteiger partial charge < -0.3 is 24.8 Å². The van der Waals surface area contributed by atoms with Crippen LogP contribution in [0.2, 0.25) is 0 Å². The lowest BCUT2D eigenvalue weighted by molar-refractivity contribution is -0.118. The van der Waals surface area contributed by atoms with E-state index in [2.05, 4.69) is 10.6 Å². The van der Waals surface area contributed by atoms with Crippen molar-refractivity contribution in [3.05, 3.63) is 48.0 Å². The first-order valence-corrected chi connectivity index (χ1v) is 11.7. The van der Waals surface area contributed by atoms with Gasteiger partial charge in [0.2, 0.25) is 5.91 Å². The average Bonchev–Trinajstić information content (AvgIpc) is 3.31. The maximum Gasteiger partial charge on any atom is 0.256 e. The average molecular weight is 459 g/mol. The highest BCUT2D eigenvalue weighted by atomic mass is 32.2. The number of benzene rings is 2. The number of anilines is 1. The lowest BCUT2D eigenvalue weighted by atomic mass is 10.2. The molecule has 0 bridgehead atoms. The van der Waals surface area contributed by atoms with Crippen LogP contribution in [0, 0.1) is 0 Å². The second-order valence-electron chi connectivity index (χ2n) is 7.47. The summed E-state index contributed by atoms with van der Waals surface area (Å²) in [7, 11) is 3.19. The molecule has 0 saturated heterocycles. The van der Waals surface area contributed by atoms with Crippen molar-refractivity contribution in [2.75, 3.05) is 38.4 Å². The Balaban J connectivity index is 1.66. The van der Waals surface area contributed by atoms with Gasteiger partial charge in [0, 0.05) is 30.3 Å². The molecule has 2 aromatic carbocycles. The van der Waals surface area contributed by atoms with Crippen LogP contribution in [0.25, 0.3) is 0 Å². The van der Waals surface area contributed by atoms with E-state index in [1.54, 1.807) is 44.6 Å². The molecule has 1 aliphatic rings. The molecule has 0 atom stereocenters. The van der Waals surface area contributed by atoms with Crippen molar-refractivity contribution in [1.29, 1.82) is 0 Å². The first-order chi connectivity index (χ1) is 15.6. The van der Waals surface area contributed by atoms with E-state index in [9.17, 15) is 9.59 Å². The number of hydrogen-bond donors (Lipinski definition) is 2. The minimum absolute atomic E-state index is 0.105. The third-order valence-corrected chi connectivity index (χ3v) is 6.21. The predicted molar refractivity (Wildman–Crippen MR) is 126 cm³/mol. The van der Waals surface area contributed by atoms with Crippen molar-refractivity contribution in [3.63, 3.8) is 0 Å². The van der Waals surface area contributed by atoms with Crippen LogP contribution in [0.5, 0.6) is 11.5 Å². The molecule has 0 aromatic heterocycles. The number of rotatable bonds is 11. The lowest BCUT2D eigenvalue weighted by Gasteiger charge is -2.17. The van der Waals surface area contributed by atoms with Gasteiger partial charge in [0.05, 0.1) is 31.1 Å². The van der Waals surface area contributed by atoms with Gasteiger partial charge in [0.15, 0.2) is 11.5 Å². The highest BCUT2D eigenvalue weighted by Gasteiger charge is 2.19. The number of ether oxygens (including phenoxy) is 3. The number of thioether (sulfide) groups is 1. The van der Waals surface area contributed by atoms with Crippen molar-refractivity contribution in [2.24, 2.45) is 0 Å². The lowest BCUT2D eigenvalue weighted by Crippen LogP contribution is -2.28. The molecule has 1 aliphatic carbocycles. The summed E-state index contributed by atoms with van der Waals surface area (Å²) in [6, 6.07) is 12.6.